The van der Waals surface area contributed by atoms with Crippen molar-refractivity contribution in [2.45, 2.75) is 38.8 Å². The quantitative estimate of drug-likeness (QED) is 0.840. The highest BCUT2D eigenvalue weighted by Crippen LogP contribution is 2.21. The van der Waals surface area contributed by atoms with E-state index >= 15 is 0 Å². The molecule has 2 atom stereocenters. The van der Waals surface area contributed by atoms with Crippen LogP contribution in [0.2, 0.25) is 0 Å². The highest BCUT2D eigenvalue weighted by molar-refractivity contribution is 5.76. The Morgan fingerprint density at radius 1 is 1.33 bits per heavy atom. The molecule has 0 spiro atoms. The summed E-state index contributed by atoms with van der Waals surface area (Å²) in [7, 11) is 0. The van der Waals surface area contributed by atoms with Crippen LogP contribution in [0.4, 0.5) is 0 Å². The van der Waals surface area contributed by atoms with Crippen LogP contribution in [0.5, 0.6) is 0 Å². The molecule has 1 aliphatic heterocycles. The van der Waals surface area contributed by atoms with Crippen molar-refractivity contribution in [2.75, 3.05) is 19.7 Å². The molecule has 2 rings (SSSR count). The van der Waals surface area contributed by atoms with Gasteiger partial charge in [0, 0.05) is 38.7 Å². The van der Waals surface area contributed by atoms with Gasteiger partial charge in [0.2, 0.25) is 5.91 Å². The third-order valence-corrected chi connectivity index (χ3v) is 4.17. The van der Waals surface area contributed by atoms with E-state index in [0.29, 0.717) is 18.4 Å². The van der Waals surface area contributed by atoms with E-state index in [1.54, 1.807) is 0 Å². The molecule has 1 amide bonds. The number of piperidine rings is 1. The molecule has 4 heteroatoms. The highest BCUT2D eigenvalue weighted by atomic mass is 16.3. The number of amides is 1. The first-order valence-corrected chi connectivity index (χ1v) is 7.88. The molecule has 21 heavy (non-hydrogen) atoms. The van der Waals surface area contributed by atoms with Crippen LogP contribution in [0.3, 0.4) is 0 Å². The van der Waals surface area contributed by atoms with E-state index in [1.807, 2.05) is 30.0 Å². The number of likely N-dealkylation sites (tertiary alicyclic amines) is 1. The molecular formula is C17H26N2O2. The van der Waals surface area contributed by atoms with Gasteiger partial charge in [-0.1, -0.05) is 37.3 Å². The standard InChI is InChI=1S/C17H26N2O2/c1-2-17(21)19-12-15(8-9-20)10-16(13-19)18-11-14-6-4-3-5-7-14/h3-7,15-16,18,20H,2,8-13H2,1H3. The van der Waals surface area contributed by atoms with Crippen LogP contribution in [0.1, 0.15) is 31.7 Å². The molecule has 1 aliphatic rings. The fraction of sp³-hybridized carbons (Fsp3) is 0.588. The predicted octanol–water partition coefficient (Wildman–Crippen LogP) is 1.79. The third-order valence-electron chi connectivity index (χ3n) is 4.17. The first-order chi connectivity index (χ1) is 10.2. The summed E-state index contributed by atoms with van der Waals surface area (Å²) >= 11 is 0. The fourth-order valence-electron chi connectivity index (χ4n) is 3.03. The maximum Gasteiger partial charge on any atom is 0.222 e. The first kappa shape index (κ1) is 16.0. The number of rotatable bonds is 6. The van der Waals surface area contributed by atoms with Gasteiger partial charge in [-0.25, -0.2) is 0 Å². The second-order valence-electron chi connectivity index (χ2n) is 5.83. The lowest BCUT2D eigenvalue weighted by Crippen LogP contribution is -2.51. The van der Waals surface area contributed by atoms with Crippen molar-refractivity contribution < 1.29 is 9.90 Å². The van der Waals surface area contributed by atoms with Crippen molar-refractivity contribution in [3.05, 3.63) is 35.9 Å². The van der Waals surface area contributed by atoms with Crippen molar-refractivity contribution >= 4 is 5.91 Å². The smallest absolute Gasteiger partial charge is 0.222 e. The van der Waals surface area contributed by atoms with Gasteiger partial charge in [0.1, 0.15) is 0 Å². The lowest BCUT2D eigenvalue weighted by atomic mass is 9.91. The van der Waals surface area contributed by atoms with Crippen LogP contribution in [0.15, 0.2) is 30.3 Å². The zero-order valence-electron chi connectivity index (χ0n) is 12.8. The van der Waals surface area contributed by atoms with E-state index in [4.69, 9.17) is 0 Å². The van der Waals surface area contributed by atoms with Gasteiger partial charge in [-0.15, -0.1) is 0 Å². The lowest BCUT2D eigenvalue weighted by molar-refractivity contribution is -0.133. The summed E-state index contributed by atoms with van der Waals surface area (Å²) < 4.78 is 0. The summed E-state index contributed by atoms with van der Waals surface area (Å²) in [5, 5.41) is 12.7. The number of carbonyl (C=O) groups is 1. The molecule has 0 radical (unpaired) electrons. The molecule has 1 aromatic carbocycles. The average molecular weight is 290 g/mol. The molecule has 116 valence electrons. The third kappa shape index (κ3) is 4.83. The van der Waals surface area contributed by atoms with E-state index in [2.05, 4.69) is 17.4 Å². The summed E-state index contributed by atoms with van der Waals surface area (Å²) in [6.45, 7) is 4.50. The Morgan fingerprint density at radius 3 is 2.76 bits per heavy atom. The van der Waals surface area contributed by atoms with Crippen LogP contribution < -0.4 is 5.32 Å². The Kier molecular flexibility index (Phi) is 6.21. The topological polar surface area (TPSA) is 52.6 Å². The second-order valence-corrected chi connectivity index (χ2v) is 5.83. The van der Waals surface area contributed by atoms with E-state index in [9.17, 15) is 9.90 Å². The van der Waals surface area contributed by atoms with Gasteiger partial charge < -0.3 is 15.3 Å². The molecule has 1 aromatic rings. The molecular weight excluding hydrogens is 264 g/mol. The van der Waals surface area contributed by atoms with Crippen molar-refractivity contribution in [3.8, 4) is 0 Å². The number of aliphatic hydroxyl groups is 1. The molecule has 0 bridgehead atoms. The van der Waals surface area contributed by atoms with E-state index in [1.165, 1.54) is 5.56 Å². The minimum absolute atomic E-state index is 0.199. The molecule has 1 heterocycles. The summed E-state index contributed by atoms with van der Waals surface area (Å²) in [5.74, 6) is 0.608. The zero-order chi connectivity index (χ0) is 15.1. The Bertz CT molecular complexity index is 436. The van der Waals surface area contributed by atoms with Crippen molar-refractivity contribution in [2.24, 2.45) is 5.92 Å². The summed E-state index contributed by atoms with van der Waals surface area (Å²) in [5.41, 5.74) is 1.26. The monoisotopic (exact) mass is 290 g/mol. The fourth-order valence-corrected chi connectivity index (χ4v) is 3.03. The maximum absolute atomic E-state index is 12.0. The number of aliphatic hydroxyl groups excluding tert-OH is 1. The number of hydrogen-bond acceptors (Lipinski definition) is 3. The summed E-state index contributed by atoms with van der Waals surface area (Å²) in [6, 6.07) is 10.6. The average Bonchev–Trinajstić information content (AvgIpc) is 2.53. The van der Waals surface area contributed by atoms with E-state index in [-0.39, 0.29) is 12.5 Å². The van der Waals surface area contributed by atoms with Crippen LogP contribution >= 0.6 is 0 Å². The lowest BCUT2D eigenvalue weighted by Gasteiger charge is -2.38. The number of nitrogens with zero attached hydrogens (tertiary/aromatic N) is 1. The van der Waals surface area contributed by atoms with Gasteiger partial charge in [-0.05, 0) is 24.3 Å². The van der Waals surface area contributed by atoms with Gasteiger partial charge in [-0.3, -0.25) is 4.79 Å². The minimum Gasteiger partial charge on any atom is -0.396 e. The first-order valence-electron chi connectivity index (χ1n) is 7.88. The van der Waals surface area contributed by atoms with Gasteiger partial charge in [0.15, 0.2) is 0 Å². The maximum atomic E-state index is 12.0. The normalized spacial score (nSPS) is 22.3. The molecule has 1 saturated heterocycles. The van der Waals surface area contributed by atoms with Crippen molar-refractivity contribution in [1.29, 1.82) is 0 Å². The number of carbonyl (C=O) groups excluding carboxylic acids is 1. The van der Waals surface area contributed by atoms with Crippen LogP contribution in [0, 0.1) is 5.92 Å². The molecule has 0 aliphatic carbocycles. The van der Waals surface area contributed by atoms with Gasteiger partial charge in [0.05, 0.1) is 0 Å². The Labute approximate surface area is 127 Å². The summed E-state index contributed by atoms with van der Waals surface area (Å²) in [4.78, 5) is 13.9. The second kappa shape index (κ2) is 8.15. The molecule has 1 fully saturated rings. The largest absolute Gasteiger partial charge is 0.396 e. The number of nitrogens with one attached hydrogen (secondary N) is 1. The molecule has 0 aromatic heterocycles. The predicted molar refractivity (Wildman–Crippen MR) is 83.8 cm³/mol. The number of hydrogen-bond donors (Lipinski definition) is 2. The van der Waals surface area contributed by atoms with E-state index < -0.39 is 0 Å². The highest BCUT2D eigenvalue weighted by Gasteiger charge is 2.28. The zero-order valence-corrected chi connectivity index (χ0v) is 12.8. The van der Waals surface area contributed by atoms with Gasteiger partial charge >= 0.3 is 0 Å². The Hall–Kier alpha value is -1.39. The van der Waals surface area contributed by atoms with Crippen molar-refractivity contribution in [1.82, 2.24) is 10.2 Å². The molecule has 4 nitrogen and oxygen atoms in total. The van der Waals surface area contributed by atoms with Crippen molar-refractivity contribution in [3.63, 3.8) is 0 Å². The Morgan fingerprint density at radius 2 is 2.10 bits per heavy atom. The van der Waals surface area contributed by atoms with Gasteiger partial charge in [0.25, 0.3) is 0 Å². The van der Waals surface area contributed by atoms with Crippen LogP contribution in [-0.4, -0.2) is 41.7 Å². The van der Waals surface area contributed by atoms with Gasteiger partial charge in [-0.2, -0.15) is 0 Å². The molecule has 0 saturated carbocycles. The van der Waals surface area contributed by atoms with Crippen LogP contribution in [-0.2, 0) is 11.3 Å². The number of benzene rings is 1. The Balaban J connectivity index is 1.92. The van der Waals surface area contributed by atoms with E-state index in [0.717, 1.165) is 32.5 Å². The van der Waals surface area contributed by atoms with Crippen LogP contribution in [0.25, 0.3) is 0 Å². The summed E-state index contributed by atoms with van der Waals surface area (Å²) in [6.07, 6.45) is 2.36. The SMILES string of the molecule is CCC(=O)N1CC(CCO)CC(NCc2ccccc2)C1. The minimum atomic E-state index is 0.199. The molecule has 2 unspecified atom stereocenters. The molecule has 2 N–H and O–H groups in total.